The predicted octanol–water partition coefficient (Wildman–Crippen LogP) is 0.927. The maximum Gasteiger partial charge on any atom is 0.268 e. The summed E-state index contributed by atoms with van der Waals surface area (Å²) in [5, 5.41) is 13.0. The van der Waals surface area contributed by atoms with E-state index in [2.05, 4.69) is 5.32 Å². The molecule has 5 nitrogen and oxygen atoms in total. The quantitative estimate of drug-likeness (QED) is 0.804. The van der Waals surface area contributed by atoms with Crippen molar-refractivity contribution in [3.8, 4) is 0 Å². The van der Waals surface area contributed by atoms with Crippen molar-refractivity contribution in [1.29, 1.82) is 0 Å². The van der Waals surface area contributed by atoms with E-state index in [1.807, 2.05) is 32.0 Å². The highest BCUT2D eigenvalue weighted by Crippen LogP contribution is 2.28. The van der Waals surface area contributed by atoms with Gasteiger partial charge in [-0.25, -0.2) is 0 Å². The van der Waals surface area contributed by atoms with Crippen LogP contribution >= 0.6 is 0 Å². The van der Waals surface area contributed by atoms with Gasteiger partial charge < -0.3 is 15.3 Å². The lowest BCUT2D eigenvalue weighted by molar-refractivity contribution is -0.149. The Bertz CT molecular complexity index is 501. The molecule has 2 amide bonds. The van der Waals surface area contributed by atoms with Crippen LogP contribution in [0.5, 0.6) is 0 Å². The number of anilines is 1. The van der Waals surface area contributed by atoms with E-state index in [0.717, 1.165) is 0 Å². The number of hydrogen-bond acceptors (Lipinski definition) is 3. The van der Waals surface area contributed by atoms with Crippen LogP contribution in [0.4, 0.5) is 5.69 Å². The number of aliphatic hydroxyl groups is 1. The number of nitrogens with zero attached hydrogens (tertiary/aromatic N) is 1. The number of benzene rings is 1. The zero-order valence-corrected chi connectivity index (χ0v) is 11.8. The Morgan fingerprint density at radius 3 is 2.65 bits per heavy atom. The molecule has 0 aromatic heterocycles. The summed E-state index contributed by atoms with van der Waals surface area (Å²) >= 11 is 0. The predicted molar refractivity (Wildman–Crippen MR) is 76.2 cm³/mol. The number of amides is 2. The van der Waals surface area contributed by atoms with Gasteiger partial charge in [-0.1, -0.05) is 32.0 Å². The minimum atomic E-state index is -1.94. The molecule has 1 heterocycles. The highest BCUT2D eigenvalue weighted by molar-refractivity contribution is 6.16. The minimum Gasteiger partial charge on any atom is -0.372 e. The second-order valence-corrected chi connectivity index (χ2v) is 5.51. The van der Waals surface area contributed by atoms with Gasteiger partial charge in [0.25, 0.3) is 11.8 Å². The van der Waals surface area contributed by atoms with E-state index in [9.17, 15) is 14.7 Å². The first-order chi connectivity index (χ1) is 9.45. The minimum absolute atomic E-state index is 0.116. The van der Waals surface area contributed by atoms with Gasteiger partial charge >= 0.3 is 0 Å². The Morgan fingerprint density at radius 1 is 1.40 bits per heavy atom. The molecule has 0 spiro atoms. The number of carbonyl (C=O) groups is 2. The van der Waals surface area contributed by atoms with Crippen LogP contribution in [-0.2, 0) is 9.59 Å². The fourth-order valence-electron chi connectivity index (χ4n) is 2.21. The molecule has 0 radical (unpaired) electrons. The van der Waals surface area contributed by atoms with E-state index >= 15 is 0 Å². The largest absolute Gasteiger partial charge is 0.372 e. The highest BCUT2D eigenvalue weighted by Gasteiger charge is 2.51. The number of nitrogens with one attached hydrogen (secondary N) is 1. The molecule has 0 bridgehead atoms. The monoisotopic (exact) mass is 276 g/mol. The Kier molecular flexibility index (Phi) is 4.09. The third kappa shape index (κ3) is 2.67. The average molecular weight is 276 g/mol. The summed E-state index contributed by atoms with van der Waals surface area (Å²) in [6.45, 7) is 4.70. The summed E-state index contributed by atoms with van der Waals surface area (Å²) in [6, 6.07) is 9.06. The second-order valence-electron chi connectivity index (χ2n) is 5.51. The van der Waals surface area contributed by atoms with Gasteiger partial charge in [0.05, 0.1) is 0 Å². The third-order valence-corrected chi connectivity index (χ3v) is 3.41. The molecule has 1 fully saturated rings. The van der Waals surface area contributed by atoms with Crippen LogP contribution in [0.1, 0.15) is 20.3 Å². The van der Waals surface area contributed by atoms with Gasteiger partial charge in [0.2, 0.25) is 5.60 Å². The number of hydrogen-bond donors (Lipinski definition) is 2. The van der Waals surface area contributed by atoms with Crippen LogP contribution in [0, 0.1) is 5.92 Å². The first kappa shape index (κ1) is 14.5. The summed E-state index contributed by atoms with van der Waals surface area (Å²) < 4.78 is 0. The fraction of sp³-hybridized carbons (Fsp3) is 0.467. The van der Waals surface area contributed by atoms with Crippen molar-refractivity contribution >= 4 is 17.5 Å². The van der Waals surface area contributed by atoms with Gasteiger partial charge in [-0.2, -0.15) is 0 Å². The molecule has 1 aromatic rings. The van der Waals surface area contributed by atoms with Gasteiger partial charge in [0.1, 0.15) is 0 Å². The van der Waals surface area contributed by atoms with Crippen molar-refractivity contribution in [3.05, 3.63) is 30.3 Å². The summed E-state index contributed by atoms with van der Waals surface area (Å²) in [6.07, 6.45) is 0.116. The summed E-state index contributed by atoms with van der Waals surface area (Å²) in [5.74, 6) is -0.885. The van der Waals surface area contributed by atoms with Gasteiger partial charge in [0.15, 0.2) is 0 Å². The molecule has 2 rings (SSSR count). The molecular weight excluding hydrogens is 256 g/mol. The highest BCUT2D eigenvalue weighted by atomic mass is 16.3. The van der Waals surface area contributed by atoms with Crippen molar-refractivity contribution in [2.45, 2.75) is 25.9 Å². The summed E-state index contributed by atoms with van der Waals surface area (Å²) in [7, 11) is 0. The SMILES string of the molecule is CC(C)CNC(=O)[C@@]1(O)CCN(c2ccccc2)C1=O. The van der Waals surface area contributed by atoms with E-state index in [-0.39, 0.29) is 12.3 Å². The molecule has 5 heteroatoms. The van der Waals surface area contributed by atoms with Crippen LogP contribution in [0.3, 0.4) is 0 Å². The van der Waals surface area contributed by atoms with Crippen molar-refractivity contribution < 1.29 is 14.7 Å². The molecule has 0 aliphatic carbocycles. The molecule has 1 aromatic carbocycles. The van der Waals surface area contributed by atoms with E-state index in [1.165, 1.54) is 4.90 Å². The molecule has 20 heavy (non-hydrogen) atoms. The Balaban J connectivity index is 2.11. The fourth-order valence-corrected chi connectivity index (χ4v) is 2.21. The van der Waals surface area contributed by atoms with Gasteiger partial charge in [-0.15, -0.1) is 0 Å². The maximum absolute atomic E-state index is 12.3. The molecule has 0 saturated carbocycles. The van der Waals surface area contributed by atoms with Crippen molar-refractivity contribution in [1.82, 2.24) is 5.32 Å². The Labute approximate surface area is 118 Å². The van der Waals surface area contributed by atoms with Gasteiger partial charge in [-0.3, -0.25) is 9.59 Å². The number of carbonyl (C=O) groups excluding carboxylic acids is 2. The smallest absolute Gasteiger partial charge is 0.268 e. The number of para-hydroxylation sites is 1. The number of rotatable bonds is 4. The third-order valence-electron chi connectivity index (χ3n) is 3.41. The van der Waals surface area contributed by atoms with E-state index in [1.54, 1.807) is 12.1 Å². The standard InChI is InChI=1S/C15H20N2O3/c1-11(2)10-16-13(18)15(20)8-9-17(14(15)19)12-6-4-3-5-7-12/h3-7,11,20H,8-10H2,1-2H3,(H,16,18)/t15-/m0/s1. The van der Waals surface area contributed by atoms with E-state index < -0.39 is 17.4 Å². The zero-order chi connectivity index (χ0) is 14.8. The average Bonchev–Trinajstić information content (AvgIpc) is 2.75. The van der Waals surface area contributed by atoms with E-state index in [4.69, 9.17) is 0 Å². The van der Waals surface area contributed by atoms with Gasteiger partial charge in [-0.05, 0) is 18.1 Å². The van der Waals surface area contributed by atoms with Crippen LogP contribution in [0.15, 0.2) is 30.3 Å². The second kappa shape index (κ2) is 5.63. The molecule has 1 atom stereocenters. The van der Waals surface area contributed by atoms with Gasteiger partial charge in [0, 0.05) is 25.2 Å². The lowest BCUT2D eigenvalue weighted by atomic mass is 10.0. The van der Waals surface area contributed by atoms with Crippen molar-refractivity contribution in [3.63, 3.8) is 0 Å². The van der Waals surface area contributed by atoms with Crippen molar-refractivity contribution in [2.75, 3.05) is 18.0 Å². The molecule has 108 valence electrons. The molecule has 0 unspecified atom stereocenters. The maximum atomic E-state index is 12.3. The lowest BCUT2D eigenvalue weighted by Gasteiger charge is -2.22. The molecular formula is C15H20N2O3. The molecule has 1 aliphatic rings. The summed E-state index contributed by atoms with van der Waals surface area (Å²) in [4.78, 5) is 25.8. The topological polar surface area (TPSA) is 69.6 Å². The molecule has 1 aliphatic heterocycles. The Hall–Kier alpha value is -1.88. The van der Waals surface area contributed by atoms with E-state index in [0.29, 0.717) is 18.8 Å². The van der Waals surface area contributed by atoms with Crippen LogP contribution < -0.4 is 10.2 Å². The van der Waals surface area contributed by atoms with Crippen LogP contribution in [0.25, 0.3) is 0 Å². The summed E-state index contributed by atoms with van der Waals surface area (Å²) in [5.41, 5.74) is -1.24. The normalized spacial score (nSPS) is 22.4. The lowest BCUT2D eigenvalue weighted by Crippen LogP contribution is -2.53. The molecule has 2 N–H and O–H groups in total. The van der Waals surface area contributed by atoms with Crippen molar-refractivity contribution in [2.24, 2.45) is 5.92 Å². The molecule has 1 saturated heterocycles. The zero-order valence-electron chi connectivity index (χ0n) is 11.8. The first-order valence-corrected chi connectivity index (χ1v) is 6.83. The van der Waals surface area contributed by atoms with Crippen LogP contribution in [-0.4, -0.2) is 35.6 Å². The Morgan fingerprint density at radius 2 is 2.05 bits per heavy atom. The first-order valence-electron chi connectivity index (χ1n) is 6.83. The van der Waals surface area contributed by atoms with Crippen LogP contribution in [0.2, 0.25) is 0 Å².